The number of amides is 2. The smallest absolute Gasteiger partial charge is 0.245 e. The standard InChI is InChI=1S/C17H29N3O3/c1-4-7-9-14(6-3)17(22)20(11-8-5-2)13-16(21)18-15-10-12-23-19-15/h10,12,14H,4-9,11,13H2,1-3H3,(H,18,19,21). The van der Waals surface area contributed by atoms with Crippen molar-refractivity contribution in [2.24, 2.45) is 5.92 Å². The summed E-state index contributed by atoms with van der Waals surface area (Å²) < 4.78 is 4.69. The van der Waals surface area contributed by atoms with Gasteiger partial charge in [0.05, 0.1) is 6.54 Å². The van der Waals surface area contributed by atoms with Gasteiger partial charge in [0, 0.05) is 18.5 Å². The number of carbonyl (C=O) groups is 2. The summed E-state index contributed by atoms with van der Waals surface area (Å²) in [5, 5.41) is 6.30. The maximum absolute atomic E-state index is 12.7. The molecule has 1 heterocycles. The van der Waals surface area contributed by atoms with Gasteiger partial charge in [-0.1, -0.05) is 45.2 Å². The van der Waals surface area contributed by atoms with Crippen LogP contribution < -0.4 is 5.32 Å². The second-order valence-corrected chi connectivity index (χ2v) is 5.79. The molecule has 1 rings (SSSR count). The molecule has 0 aliphatic rings. The molecule has 0 radical (unpaired) electrons. The van der Waals surface area contributed by atoms with E-state index < -0.39 is 0 Å². The summed E-state index contributed by atoms with van der Waals surface area (Å²) in [6.07, 6.45) is 7.09. The molecule has 0 bridgehead atoms. The summed E-state index contributed by atoms with van der Waals surface area (Å²) in [4.78, 5) is 26.5. The zero-order valence-electron chi connectivity index (χ0n) is 14.5. The van der Waals surface area contributed by atoms with Crippen LogP contribution >= 0.6 is 0 Å². The Labute approximate surface area is 138 Å². The number of aromatic nitrogens is 1. The van der Waals surface area contributed by atoms with E-state index in [2.05, 4.69) is 28.8 Å². The van der Waals surface area contributed by atoms with Gasteiger partial charge in [0.2, 0.25) is 11.8 Å². The number of hydrogen-bond donors (Lipinski definition) is 1. The molecule has 1 unspecified atom stereocenters. The first-order chi connectivity index (χ1) is 11.1. The molecule has 0 saturated heterocycles. The van der Waals surface area contributed by atoms with Gasteiger partial charge in [-0.15, -0.1) is 0 Å². The molecule has 0 fully saturated rings. The van der Waals surface area contributed by atoms with Crippen LogP contribution in [0, 0.1) is 5.92 Å². The van der Waals surface area contributed by atoms with Gasteiger partial charge >= 0.3 is 0 Å². The Kier molecular flexibility index (Phi) is 9.02. The minimum atomic E-state index is -0.242. The van der Waals surface area contributed by atoms with E-state index in [-0.39, 0.29) is 24.3 Å². The highest BCUT2D eigenvalue weighted by atomic mass is 16.5. The predicted molar refractivity (Wildman–Crippen MR) is 89.9 cm³/mol. The van der Waals surface area contributed by atoms with Gasteiger partial charge in [0.1, 0.15) is 6.26 Å². The molecule has 1 aromatic heterocycles. The maximum Gasteiger partial charge on any atom is 0.245 e. The average Bonchev–Trinajstić information content (AvgIpc) is 3.04. The van der Waals surface area contributed by atoms with E-state index in [0.29, 0.717) is 12.4 Å². The van der Waals surface area contributed by atoms with E-state index in [1.54, 1.807) is 11.0 Å². The predicted octanol–water partition coefficient (Wildman–Crippen LogP) is 3.46. The van der Waals surface area contributed by atoms with Gasteiger partial charge in [0.15, 0.2) is 5.82 Å². The van der Waals surface area contributed by atoms with Crippen molar-refractivity contribution >= 4 is 17.6 Å². The third-order valence-corrected chi connectivity index (χ3v) is 3.88. The Bertz CT molecular complexity index is 460. The van der Waals surface area contributed by atoms with Gasteiger partial charge in [-0.2, -0.15) is 0 Å². The SMILES string of the molecule is CCCCC(CC)C(=O)N(CCCC)CC(=O)Nc1ccon1. The highest BCUT2D eigenvalue weighted by Crippen LogP contribution is 2.16. The van der Waals surface area contributed by atoms with Gasteiger partial charge in [-0.25, -0.2) is 0 Å². The number of rotatable bonds is 11. The highest BCUT2D eigenvalue weighted by Gasteiger charge is 2.24. The number of anilines is 1. The molecule has 0 aliphatic carbocycles. The van der Waals surface area contributed by atoms with E-state index in [4.69, 9.17) is 0 Å². The summed E-state index contributed by atoms with van der Waals surface area (Å²) in [7, 11) is 0. The third kappa shape index (κ3) is 6.84. The minimum absolute atomic E-state index is 0.00616. The molecule has 23 heavy (non-hydrogen) atoms. The van der Waals surface area contributed by atoms with Gasteiger partial charge in [-0.05, 0) is 19.3 Å². The fourth-order valence-electron chi connectivity index (χ4n) is 2.46. The van der Waals surface area contributed by atoms with Crippen LogP contribution in [0.1, 0.15) is 59.3 Å². The Morgan fingerprint density at radius 3 is 2.57 bits per heavy atom. The van der Waals surface area contributed by atoms with Crippen molar-refractivity contribution < 1.29 is 14.1 Å². The number of nitrogens with zero attached hydrogens (tertiary/aromatic N) is 2. The Balaban J connectivity index is 2.65. The summed E-state index contributed by atoms with van der Waals surface area (Å²) >= 11 is 0. The first kappa shape index (κ1) is 19.2. The molecule has 0 saturated carbocycles. The minimum Gasteiger partial charge on any atom is -0.363 e. The van der Waals surface area contributed by atoms with Crippen LogP contribution in [0.2, 0.25) is 0 Å². The monoisotopic (exact) mass is 323 g/mol. The second-order valence-electron chi connectivity index (χ2n) is 5.79. The number of carbonyl (C=O) groups excluding carboxylic acids is 2. The van der Waals surface area contributed by atoms with Crippen LogP contribution in [0.3, 0.4) is 0 Å². The molecule has 6 heteroatoms. The van der Waals surface area contributed by atoms with Crippen LogP contribution in [-0.2, 0) is 9.59 Å². The van der Waals surface area contributed by atoms with Gasteiger partial charge in [0.25, 0.3) is 0 Å². The van der Waals surface area contributed by atoms with Gasteiger partial charge < -0.3 is 14.7 Å². The molecule has 2 amide bonds. The van der Waals surface area contributed by atoms with Crippen molar-refractivity contribution in [3.63, 3.8) is 0 Å². The van der Waals surface area contributed by atoms with E-state index in [9.17, 15) is 9.59 Å². The van der Waals surface area contributed by atoms with Crippen LogP contribution in [0.5, 0.6) is 0 Å². The first-order valence-electron chi connectivity index (χ1n) is 8.61. The Morgan fingerprint density at radius 2 is 2.00 bits per heavy atom. The molecule has 130 valence electrons. The molecule has 0 aliphatic heterocycles. The molecule has 1 atom stereocenters. The number of nitrogens with one attached hydrogen (secondary N) is 1. The molecule has 0 aromatic carbocycles. The zero-order chi connectivity index (χ0) is 17.1. The summed E-state index contributed by atoms with van der Waals surface area (Å²) in [5.41, 5.74) is 0. The normalized spacial score (nSPS) is 12.0. The van der Waals surface area contributed by atoms with E-state index in [1.165, 1.54) is 6.26 Å². The molecule has 1 N–H and O–H groups in total. The molecular weight excluding hydrogens is 294 g/mol. The van der Waals surface area contributed by atoms with Crippen LogP contribution in [0.4, 0.5) is 5.82 Å². The van der Waals surface area contributed by atoms with Gasteiger partial charge in [-0.3, -0.25) is 9.59 Å². The second kappa shape index (κ2) is 10.8. The maximum atomic E-state index is 12.7. The Morgan fingerprint density at radius 1 is 1.26 bits per heavy atom. The topological polar surface area (TPSA) is 75.4 Å². The lowest BCUT2D eigenvalue weighted by atomic mass is 9.97. The number of unbranched alkanes of at least 4 members (excludes halogenated alkanes) is 2. The van der Waals surface area contributed by atoms with E-state index in [0.717, 1.165) is 38.5 Å². The molecule has 6 nitrogen and oxygen atoms in total. The lowest BCUT2D eigenvalue weighted by Gasteiger charge is -2.26. The van der Waals surface area contributed by atoms with Crippen molar-refractivity contribution in [3.8, 4) is 0 Å². The largest absolute Gasteiger partial charge is 0.363 e. The van der Waals surface area contributed by atoms with Crippen molar-refractivity contribution in [1.82, 2.24) is 10.1 Å². The lowest BCUT2D eigenvalue weighted by molar-refractivity contribution is -0.138. The first-order valence-corrected chi connectivity index (χ1v) is 8.61. The molecular formula is C17H29N3O3. The summed E-state index contributed by atoms with van der Waals surface area (Å²) in [5.74, 6) is 0.223. The van der Waals surface area contributed by atoms with Crippen molar-refractivity contribution in [1.29, 1.82) is 0 Å². The van der Waals surface area contributed by atoms with Crippen LogP contribution in [0.15, 0.2) is 16.9 Å². The number of hydrogen-bond acceptors (Lipinski definition) is 4. The lowest BCUT2D eigenvalue weighted by Crippen LogP contribution is -2.42. The van der Waals surface area contributed by atoms with E-state index >= 15 is 0 Å². The summed E-state index contributed by atoms with van der Waals surface area (Å²) in [6.45, 7) is 6.91. The van der Waals surface area contributed by atoms with Crippen LogP contribution in [-0.4, -0.2) is 35.0 Å². The van der Waals surface area contributed by atoms with Crippen molar-refractivity contribution in [2.75, 3.05) is 18.4 Å². The summed E-state index contributed by atoms with van der Waals surface area (Å²) in [6, 6.07) is 1.58. The fraction of sp³-hybridized carbons (Fsp3) is 0.706. The van der Waals surface area contributed by atoms with Crippen LogP contribution in [0.25, 0.3) is 0 Å². The Hall–Kier alpha value is -1.85. The van der Waals surface area contributed by atoms with E-state index in [1.807, 2.05) is 6.92 Å². The fourth-order valence-corrected chi connectivity index (χ4v) is 2.46. The quantitative estimate of drug-likeness (QED) is 0.676. The average molecular weight is 323 g/mol. The molecule has 0 spiro atoms. The zero-order valence-corrected chi connectivity index (χ0v) is 14.5. The van der Waals surface area contributed by atoms with Crippen molar-refractivity contribution in [2.45, 2.75) is 59.3 Å². The highest BCUT2D eigenvalue weighted by molar-refractivity contribution is 5.94. The third-order valence-electron chi connectivity index (χ3n) is 3.88. The molecule has 1 aromatic rings. The van der Waals surface area contributed by atoms with Crippen molar-refractivity contribution in [3.05, 3.63) is 12.3 Å².